The van der Waals surface area contributed by atoms with Gasteiger partial charge in [0.1, 0.15) is 5.82 Å². The monoisotopic (exact) mass is 277 g/mol. The van der Waals surface area contributed by atoms with E-state index in [0.29, 0.717) is 12.5 Å². The SMILES string of the molecule is CC(C)c1ccnc(N2CCN(CCC(=O)O)CC2)c1. The van der Waals surface area contributed by atoms with E-state index in [1.807, 2.05) is 6.20 Å². The summed E-state index contributed by atoms with van der Waals surface area (Å²) < 4.78 is 0. The second kappa shape index (κ2) is 6.70. The molecule has 1 N–H and O–H groups in total. The minimum absolute atomic E-state index is 0.223. The van der Waals surface area contributed by atoms with Crippen LogP contribution in [0.5, 0.6) is 0 Å². The van der Waals surface area contributed by atoms with Gasteiger partial charge in [-0.25, -0.2) is 4.98 Å². The van der Waals surface area contributed by atoms with Crippen LogP contribution in [0.15, 0.2) is 18.3 Å². The van der Waals surface area contributed by atoms with Crippen LogP contribution in [0.4, 0.5) is 5.82 Å². The Kier molecular flexibility index (Phi) is 4.95. The van der Waals surface area contributed by atoms with Gasteiger partial charge in [-0.3, -0.25) is 9.69 Å². The summed E-state index contributed by atoms with van der Waals surface area (Å²) in [5.74, 6) is 0.821. The van der Waals surface area contributed by atoms with Gasteiger partial charge < -0.3 is 10.0 Å². The van der Waals surface area contributed by atoms with Crippen molar-refractivity contribution in [3.05, 3.63) is 23.9 Å². The van der Waals surface area contributed by atoms with Crippen molar-refractivity contribution in [3.8, 4) is 0 Å². The number of piperazine rings is 1. The highest BCUT2D eigenvalue weighted by atomic mass is 16.4. The molecule has 1 aromatic heterocycles. The van der Waals surface area contributed by atoms with Gasteiger partial charge in [0.15, 0.2) is 0 Å². The molecule has 1 saturated heterocycles. The van der Waals surface area contributed by atoms with Crippen molar-refractivity contribution in [2.45, 2.75) is 26.2 Å². The lowest BCUT2D eigenvalue weighted by molar-refractivity contribution is -0.137. The molecule has 1 aliphatic heterocycles. The van der Waals surface area contributed by atoms with E-state index in [1.54, 1.807) is 0 Å². The summed E-state index contributed by atoms with van der Waals surface area (Å²) in [5.41, 5.74) is 1.31. The van der Waals surface area contributed by atoms with Crippen LogP contribution in [0.25, 0.3) is 0 Å². The number of nitrogens with zero attached hydrogens (tertiary/aromatic N) is 3. The largest absolute Gasteiger partial charge is 0.481 e. The van der Waals surface area contributed by atoms with Gasteiger partial charge in [0.25, 0.3) is 0 Å². The second-order valence-corrected chi connectivity index (χ2v) is 5.57. The van der Waals surface area contributed by atoms with E-state index in [0.717, 1.165) is 32.0 Å². The van der Waals surface area contributed by atoms with Gasteiger partial charge in [0, 0.05) is 38.9 Å². The lowest BCUT2D eigenvalue weighted by Gasteiger charge is -2.35. The number of carbonyl (C=O) groups is 1. The average molecular weight is 277 g/mol. The fourth-order valence-corrected chi connectivity index (χ4v) is 2.42. The summed E-state index contributed by atoms with van der Waals surface area (Å²) in [7, 11) is 0. The van der Waals surface area contributed by atoms with E-state index in [-0.39, 0.29) is 6.42 Å². The van der Waals surface area contributed by atoms with Crippen molar-refractivity contribution < 1.29 is 9.90 Å². The maximum Gasteiger partial charge on any atom is 0.304 e. The average Bonchev–Trinajstić information content (AvgIpc) is 2.46. The molecule has 0 saturated carbocycles. The van der Waals surface area contributed by atoms with Crippen LogP contribution in [-0.2, 0) is 4.79 Å². The fourth-order valence-electron chi connectivity index (χ4n) is 2.42. The van der Waals surface area contributed by atoms with Crippen LogP contribution in [0, 0.1) is 0 Å². The summed E-state index contributed by atoms with van der Waals surface area (Å²) in [5, 5.41) is 8.71. The Hall–Kier alpha value is -1.62. The molecule has 2 heterocycles. The van der Waals surface area contributed by atoms with E-state index >= 15 is 0 Å². The molecule has 0 unspecified atom stereocenters. The molecule has 0 aliphatic carbocycles. The van der Waals surface area contributed by atoms with Crippen LogP contribution in [0.3, 0.4) is 0 Å². The van der Waals surface area contributed by atoms with E-state index in [4.69, 9.17) is 5.11 Å². The molecule has 0 atom stereocenters. The predicted octanol–water partition coefficient (Wildman–Crippen LogP) is 1.80. The highest BCUT2D eigenvalue weighted by Crippen LogP contribution is 2.20. The molecule has 0 aromatic carbocycles. The molecule has 0 bridgehead atoms. The first kappa shape index (κ1) is 14.8. The predicted molar refractivity (Wildman–Crippen MR) is 79.2 cm³/mol. The summed E-state index contributed by atoms with van der Waals surface area (Å²) in [6.07, 6.45) is 2.10. The second-order valence-electron chi connectivity index (χ2n) is 5.57. The Bertz CT molecular complexity index is 454. The first-order chi connectivity index (χ1) is 9.56. The molecule has 1 aromatic rings. The summed E-state index contributed by atoms with van der Waals surface area (Å²) in [6.45, 7) is 8.64. The Morgan fingerprint density at radius 1 is 1.35 bits per heavy atom. The summed E-state index contributed by atoms with van der Waals surface area (Å²) >= 11 is 0. The van der Waals surface area contributed by atoms with E-state index in [2.05, 4.69) is 40.8 Å². The molecule has 5 nitrogen and oxygen atoms in total. The van der Waals surface area contributed by atoms with Crippen LogP contribution in [-0.4, -0.2) is 53.7 Å². The Morgan fingerprint density at radius 2 is 2.05 bits per heavy atom. The number of pyridine rings is 1. The van der Waals surface area contributed by atoms with Gasteiger partial charge in [-0.1, -0.05) is 13.8 Å². The van der Waals surface area contributed by atoms with Gasteiger partial charge >= 0.3 is 5.97 Å². The smallest absolute Gasteiger partial charge is 0.304 e. The molecule has 20 heavy (non-hydrogen) atoms. The normalized spacial score (nSPS) is 16.6. The molecule has 1 aliphatic rings. The maximum absolute atomic E-state index is 10.6. The third-order valence-electron chi connectivity index (χ3n) is 3.77. The number of carboxylic acid groups (broad SMARTS) is 1. The summed E-state index contributed by atoms with van der Waals surface area (Å²) in [4.78, 5) is 19.5. The fraction of sp³-hybridized carbons (Fsp3) is 0.600. The van der Waals surface area contributed by atoms with E-state index in [1.165, 1.54) is 5.56 Å². The molecule has 1 fully saturated rings. The van der Waals surface area contributed by atoms with E-state index < -0.39 is 5.97 Å². The zero-order valence-corrected chi connectivity index (χ0v) is 12.2. The van der Waals surface area contributed by atoms with Crippen LogP contribution in [0.1, 0.15) is 31.7 Å². The number of aliphatic carboxylic acids is 1. The lowest BCUT2D eigenvalue weighted by Crippen LogP contribution is -2.47. The van der Waals surface area contributed by atoms with Crippen LogP contribution >= 0.6 is 0 Å². The van der Waals surface area contributed by atoms with Crippen molar-refractivity contribution >= 4 is 11.8 Å². The number of hydrogen-bond acceptors (Lipinski definition) is 4. The molecule has 0 amide bonds. The van der Waals surface area contributed by atoms with E-state index in [9.17, 15) is 4.79 Å². The third kappa shape index (κ3) is 3.93. The number of carboxylic acids is 1. The highest BCUT2D eigenvalue weighted by molar-refractivity contribution is 5.66. The minimum Gasteiger partial charge on any atom is -0.481 e. The minimum atomic E-state index is -0.723. The van der Waals surface area contributed by atoms with Gasteiger partial charge in [0.2, 0.25) is 0 Å². The first-order valence-electron chi connectivity index (χ1n) is 7.21. The quantitative estimate of drug-likeness (QED) is 0.889. The van der Waals surface area contributed by atoms with Crippen molar-refractivity contribution in [1.29, 1.82) is 0 Å². The molecule has 5 heteroatoms. The molecular weight excluding hydrogens is 254 g/mol. The van der Waals surface area contributed by atoms with Crippen molar-refractivity contribution in [2.75, 3.05) is 37.6 Å². The van der Waals surface area contributed by atoms with Gasteiger partial charge in [-0.15, -0.1) is 0 Å². The number of rotatable bonds is 5. The van der Waals surface area contributed by atoms with Crippen molar-refractivity contribution in [1.82, 2.24) is 9.88 Å². The first-order valence-corrected chi connectivity index (χ1v) is 7.21. The molecule has 0 radical (unpaired) electrons. The molecule has 2 rings (SSSR count). The van der Waals surface area contributed by atoms with Gasteiger partial charge in [-0.2, -0.15) is 0 Å². The Labute approximate surface area is 120 Å². The summed E-state index contributed by atoms with van der Waals surface area (Å²) in [6, 6.07) is 4.23. The highest BCUT2D eigenvalue weighted by Gasteiger charge is 2.18. The van der Waals surface area contributed by atoms with Crippen LogP contribution in [0.2, 0.25) is 0 Å². The zero-order valence-electron chi connectivity index (χ0n) is 12.2. The molecule has 0 spiro atoms. The van der Waals surface area contributed by atoms with Gasteiger partial charge in [0.05, 0.1) is 6.42 Å². The van der Waals surface area contributed by atoms with Crippen LogP contribution < -0.4 is 4.90 Å². The topological polar surface area (TPSA) is 56.7 Å². The number of aromatic nitrogens is 1. The standard InChI is InChI=1S/C15H23N3O2/c1-12(2)13-3-5-16-14(11-13)18-9-7-17(8-10-18)6-4-15(19)20/h3,5,11-12H,4,6-10H2,1-2H3,(H,19,20). The maximum atomic E-state index is 10.6. The Balaban J connectivity index is 1.90. The molecular formula is C15H23N3O2. The number of hydrogen-bond donors (Lipinski definition) is 1. The van der Waals surface area contributed by atoms with Crippen molar-refractivity contribution in [3.63, 3.8) is 0 Å². The van der Waals surface area contributed by atoms with Crippen molar-refractivity contribution in [2.24, 2.45) is 0 Å². The zero-order chi connectivity index (χ0) is 14.5. The third-order valence-corrected chi connectivity index (χ3v) is 3.77. The Morgan fingerprint density at radius 3 is 2.65 bits per heavy atom. The number of anilines is 1. The molecule has 110 valence electrons. The van der Waals surface area contributed by atoms with Gasteiger partial charge in [-0.05, 0) is 23.6 Å². The lowest BCUT2D eigenvalue weighted by atomic mass is 10.0.